The summed E-state index contributed by atoms with van der Waals surface area (Å²) in [5.74, 6) is -1.33. The van der Waals surface area contributed by atoms with Gasteiger partial charge in [0.25, 0.3) is 0 Å². The maximum Gasteiger partial charge on any atom is 0.325 e. The Hall–Kier alpha value is -2.44. The van der Waals surface area contributed by atoms with Crippen molar-refractivity contribution in [2.24, 2.45) is 0 Å². The molecule has 108 valence electrons. The topological polar surface area (TPSA) is 108 Å². The number of carbonyl (C=O) groups excluding carboxylic acids is 2. The van der Waals surface area contributed by atoms with Crippen LogP contribution in [0.5, 0.6) is 0 Å². The Morgan fingerprint density at radius 2 is 1.95 bits per heavy atom. The van der Waals surface area contributed by atoms with E-state index in [0.29, 0.717) is 24.2 Å². The Morgan fingerprint density at radius 1 is 1.25 bits per heavy atom. The summed E-state index contributed by atoms with van der Waals surface area (Å²) in [6, 6.07) is 2.74. The van der Waals surface area contributed by atoms with Crippen LogP contribution in [-0.2, 0) is 9.59 Å². The molecule has 7 heteroatoms. The van der Waals surface area contributed by atoms with Crippen LogP contribution in [0.15, 0.2) is 18.3 Å². The van der Waals surface area contributed by atoms with Gasteiger partial charge in [-0.3, -0.25) is 19.9 Å². The minimum Gasteiger partial charge on any atom is -0.481 e. The van der Waals surface area contributed by atoms with Crippen LogP contribution in [0.3, 0.4) is 0 Å². The lowest BCUT2D eigenvalue weighted by Gasteiger charge is -2.08. The van der Waals surface area contributed by atoms with Crippen LogP contribution in [0.2, 0.25) is 0 Å². The summed E-state index contributed by atoms with van der Waals surface area (Å²) in [5.41, 5.74) is 1.18. The Labute approximate surface area is 116 Å². The first kappa shape index (κ1) is 15.6. The van der Waals surface area contributed by atoms with Crippen LogP contribution in [0.4, 0.5) is 10.5 Å². The number of rotatable bonds is 6. The highest BCUT2D eigenvalue weighted by atomic mass is 16.4. The van der Waals surface area contributed by atoms with Crippen molar-refractivity contribution in [2.75, 3.05) is 5.32 Å². The number of carboxylic acids is 1. The van der Waals surface area contributed by atoms with E-state index in [1.807, 2.05) is 0 Å². The molecule has 3 N–H and O–H groups in total. The summed E-state index contributed by atoms with van der Waals surface area (Å²) in [6.07, 6.45) is 2.58. The van der Waals surface area contributed by atoms with Gasteiger partial charge in [0, 0.05) is 19.0 Å². The fourth-order valence-electron chi connectivity index (χ4n) is 1.52. The van der Waals surface area contributed by atoms with Crippen molar-refractivity contribution >= 4 is 23.6 Å². The van der Waals surface area contributed by atoms with Crippen molar-refractivity contribution in [1.82, 2.24) is 10.3 Å². The van der Waals surface area contributed by atoms with Crippen LogP contribution in [0.1, 0.15) is 31.4 Å². The van der Waals surface area contributed by atoms with Crippen LogP contribution < -0.4 is 10.6 Å². The van der Waals surface area contributed by atoms with E-state index in [0.717, 1.165) is 0 Å². The largest absolute Gasteiger partial charge is 0.481 e. The van der Waals surface area contributed by atoms with Gasteiger partial charge in [-0.05, 0) is 31.9 Å². The standard InChI is InChI=1S/C13H17N3O4/c1-9-10(5-4-8-14-9)15-13(20)16-11(17)6-2-3-7-12(18)19/h4-5,8H,2-3,6-7H2,1H3,(H,18,19)(H2,15,16,17,20). The van der Waals surface area contributed by atoms with E-state index in [2.05, 4.69) is 15.6 Å². The number of anilines is 1. The Bertz CT molecular complexity index is 502. The van der Waals surface area contributed by atoms with Gasteiger partial charge in [-0.2, -0.15) is 0 Å². The first-order chi connectivity index (χ1) is 9.49. The number of aliphatic carboxylic acids is 1. The zero-order chi connectivity index (χ0) is 15.0. The molecular formula is C13H17N3O4. The fraction of sp³-hybridized carbons (Fsp3) is 0.385. The Balaban J connectivity index is 2.30. The lowest BCUT2D eigenvalue weighted by molar-refractivity contribution is -0.137. The van der Waals surface area contributed by atoms with E-state index in [1.54, 1.807) is 25.3 Å². The molecule has 0 aliphatic heterocycles. The molecule has 1 aromatic heterocycles. The molecule has 0 aromatic carbocycles. The fourth-order valence-corrected chi connectivity index (χ4v) is 1.52. The van der Waals surface area contributed by atoms with Gasteiger partial charge in [0.05, 0.1) is 11.4 Å². The maximum atomic E-state index is 11.6. The van der Waals surface area contributed by atoms with E-state index >= 15 is 0 Å². The summed E-state index contributed by atoms with van der Waals surface area (Å²) >= 11 is 0. The predicted octanol–water partition coefficient (Wildman–Crippen LogP) is 1.68. The summed E-state index contributed by atoms with van der Waals surface area (Å²) in [4.78, 5) is 37.3. The van der Waals surface area contributed by atoms with E-state index in [-0.39, 0.29) is 12.8 Å². The van der Waals surface area contributed by atoms with E-state index in [4.69, 9.17) is 5.11 Å². The highest BCUT2D eigenvalue weighted by Gasteiger charge is 2.09. The molecule has 0 saturated carbocycles. The molecule has 0 aliphatic carbocycles. The zero-order valence-corrected chi connectivity index (χ0v) is 11.2. The van der Waals surface area contributed by atoms with Gasteiger partial charge in [0.2, 0.25) is 5.91 Å². The molecule has 1 heterocycles. The number of imide groups is 1. The second-order valence-electron chi connectivity index (χ2n) is 4.24. The number of urea groups is 1. The summed E-state index contributed by atoms with van der Waals surface area (Å²) in [7, 11) is 0. The minimum absolute atomic E-state index is 0.0222. The third kappa shape index (κ3) is 5.94. The zero-order valence-electron chi connectivity index (χ0n) is 11.2. The molecule has 0 saturated heterocycles. The number of carbonyl (C=O) groups is 3. The number of aromatic nitrogens is 1. The van der Waals surface area contributed by atoms with E-state index < -0.39 is 17.9 Å². The molecule has 0 unspecified atom stereocenters. The molecule has 3 amide bonds. The molecule has 0 spiro atoms. The van der Waals surface area contributed by atoms with Gasteiger partial charge in [-0.15, -0.1) is 0 Å². The SMILES string of the molecule is Cc1ncccc1NC(=O)NC(=O)CCCCC(=O)O. The number of pyridine rings is 1. The van der Waals surface area contributed by atoms with Gasteiger partial charge in [0.15, 0.2) is 0 Å². The van der Waals surface area contributed by atoms with Crippen molar-refractivity contribution in [3.05, 3.63) is 24.0 Å². The monoisotopic (exact) mass is 279 g/mol. The smallest absolute Gasteiger partial charge is 0.325 e. The third-order valence-electron chi connectivity index (χ3n) is 2.55. The van der Waals surface area contributed by atoms with Crippen molar-refractivity contribution in [1.29, 1.82) is 0 Å². The lowest BCUT2D eigenvalue weighted by Crippen LogP contribution is -2.34. The number of aryl methyl sites for hydroxylation is 1. The molecule has 0 bridgehead atoms. The van der Waals surface area contributed by atoms with Crippen molar-refractivity contribution in [2.45, 2.75) is 32.6 Å². The molecule has 0 aliphatic rings. The number of unbranched alkanes of at least 4 members (excludes halogenated alkanes) is 1. The van der Waals surface area contributed by atoms with Gasteiger partial charge in [-0.1, -0.05) is 0 Å². The van der Waals surface area contributed by atoms with Gasteiger partial charge < -0.3 is 10.4 Å². The average molecular weight is 279 g/mol. The number of hydrogen-bond acceptors (Lipinski definition) is 4. The number of nitrogens with one attached hydrogen (secondary N) is 2. The van der Waals surface area contributed by atoms with Gasteiger partial charge >= 0.3 is 12.0 Å². The van der Waals surface area contributed by atoms with E-state index in [1.165, 1.54) is 0 Å². The van der Waals surface area contributed by atoms with Crippen molar-refractivity contribution in [3.63, 3.8) is 0 Å². The normalized spacial score (nSPS) is 9.85. The van der Waals surface area contributed by atoms with Gasteiger partial charge in [-0.25, -0.2) is 4.79 Å². The van der Waals surface area contributed by atoms with Gasteiger partial charge in [0.1, 0.15) is 0 Å². The number of amides is 3. The third-order valence-corrected chi connectivity index (χ3v) is 2.55. The average Bonchev–Trinajstić information content (AvgIpc) is 2.37. The molecule has 0 fully saturated rings. The lowest BCUT2D eigenvalue weighted by atomic mass is 10.2. The molecule has 20 heavy (non-hydrogen) atoms. The van der Waals surface area contributed by atoms with Crippen molar-refractivity contribution < 1.29 is 19.5 Å². The quantitative estimate of drug-likeness (QED) is 0.686. The first-order valence-corrected chi connectivity index (χ1v) is 6.23. The Kier molecular flexibility index (Phi) is 6.15. The number of hydrogen-bond donors (Lipinski definition) is 3. The second kappa shape index (κ2) is 7.88. The Morgan fingerprint density at radius 3 is 2.60 bits per heavy atom. The second-order valence-corrected chi connectivity index (χ2v) is 4.24. The molecule has 1 aromatic rings. The number of carboxylic acid groups (broad SMARTS) is 1. The summed E-state index contributed by atoms with van der Waals surface area (Å²) in [5, 5.41) is 13.1. The summed E-state index contributed by atoms with van der Waals surface area (Å²) in [6.45, 7) is 1.74. The number of nitrogens with zero attached hydrogens (tertiary/aromatic N) is 1. The molecule has 7 nitrogen and oxygen atoms in total. The van der Waals surface area contributed by atoms with E-state index in [9.17, 15) is 14.4 Å². The van der Waals surface area contributed by atoms with Crippen LogP contribution >= 0.6 is 0 Å². The molecule has 0 atom stereocenters. The maximum absolute atomic E-state index is 11.6. The van der Waals surface area contributed by atoms with Crippen LogP contribution in [-0.4, -0.2) is 28.0 Å². The van der Waals surface area contributed by atoms with Crippen LogP contribution in [0.25, 0.3) is 0 Å². The van der Waals surface area contributed by atoms with Crippen LogP contribution in [0, 0.1) is 6.92 Å². The highest BCUT2D eigenvalue weighted by molar-refractivity contribution is 6.01. The van der Waals surface area contributed by atoms with Crippen molar-refractivity contribution in [3.8, 4) is 0 Å². The molecule has 0 radical (unpaired) electrons. The molecular weight excluding hydrogens is 262 g/mol. The first-order valence-electron chi connectivity index (χ1n) is 6.23. The predicted molar refractivity (Wildman–Crippen MR) is 72.2 cm³/mol. The highest BCUT2D eigenvalue weighted by Crippen LogP contribution is 2.09. The minimum atomic E-state index is -0.893. The summed E-state index contributed by atoms with van der Waals surface area (Å²) < 4.78 is 0. The molecule has 1 rings (SSSR count).